The van der Waals surface area contributed by atoms with Gasteiger partial charge in [0, 0.05) is 44.5 Å². The van der Waals surface area contributed by atoms with Crippen molar-refractivity contribution in [3.8, 4) is 5.75 Å². The van der Waals surface area contributed by atoms with E-state index in [1.807, 2.05) is 18.2 Å². The third kappa shape index (κ3) is 4.20. The summed E-state index contributed by atoms with van der Waals surface area (Å²) >= 11 is 0. The molecule has 2 rings (SSSR count). The number of hydrogen-bond acceptors (Lipinski definition) is 4. The smallest absolute Gasteiger partial charge is 0.120 e. The minimum atomic E-state index is 0.905. The highest BCUT2D eigenvalue weighted by Crippen LogP contribution is 2.16. The average molecular weight is 249 g/mol. The minimum Gasteiger partial charge on any atom is -0.497 e. The van der Waals surface area contributed by atoms with Gasteiger partial charge in [-0.25, -0.2) is 0 Å². The second kappa shape index (κ2) is 7.24. The quantitative estimate of drug-likeness (QED) is 0.747. The fourth-order valence-electron chi connectivity index (χ4n) is 2.20. The van der Waals surface area contributed by atoms with E-state index in [2.05, 4.69) is 21.6 Å². The van der Waals surface area contributed by atoms with Gasteiger partial charge < -0.3 is 20.3 Å². The summed E-state index contributed by atoms with van der Waals surface area (Å²) in [7, 11) is 1.70. The zero-order valence-corrected chi connectivity index (χ0v) is 11.1. The predicted molar refractivity (Wildman–Crippen MR) is 75.4 cm³/mol. The van der Waals surface area contributed by atoms with Crippen LogP contribution in [-0.4, -0.2) is 51.3 Å². The minimum absolute atomic E-state index is 0.905. The molecule has 0 aliphatic carbocycles. The molecule has 0 atom stereocenters. The van der Waals surface area contributed by atoms with Crippen molar-refractivity contribution in [3.05, 3.63) is 24.3 Å². The first-order valence-corrected chi connectivity index (χ1v) is 6.69. The molecule has 0 unspecified atom stereocenters. The maximum atomic E-state index is 5.20. The van der Waals surface area contributed by atoms with Crippen LogP contribution in [0.2, 0.25) is 0 Å². The topological polar surface area (TPSA) is 36.5 Å². The molecule has 0 saturated carbocycles. The van der Waals surface area contributed by atoms with Gasteiger partial charge in [-0.1, -0.05) is 6.07 Å². The number of nitrogens with zero attached hydrogens (tertiary/aromatic N) is 1. The zero-order valence-electron chi connectivity index (χ0n) is 11.1. The van der Waals surface area contributed by atoms with Crippen LogP contribution in [0.3, 0.4) is 0 Å². The lowest BCUT2D eigenvalue weighted by molar-refractivity contribution is 0.240. The molecule has 4 nitrogen and oxygen atoms in total. The lowest BCUT2D eigenvalue weighted by Gasteiger charge is -2.27. The van der Waals surface area contributed by atoms with Crippen molar-refractivity contribution >= 4 is 5.69 Å². The molecule has 0 aromatic heterocycles. The number of rotatable bonds is 6. The number of piperazine rings is 1. The van der Waals surface area contributed by atoms with E-state index in [9.17, 15) is 0 Å². The first kappa shape index (κ1) is 13.2. The molecule has 1 aromatic rings. The Morgan fingerprint density at radius 3 is 2.94 bits per heavy atom. The second-order valence-corrected chi connectivity index (χ2v) is 4.60. The van der Waals surface area contributed by atoms with Crippen LogP contribution in [0.4, 0.5) is 5.69 Å². The van der Waals surface area contributed by atoms with Crippen molar-refractivity contribution in [2.45, 2.75) is 6.42 Å². The monoisotopic (exact) mass is 249 g/mol. The molecule has 0 amide bonds. The predicted octanol–water partition coefficient (Wildman–Crippen LogP) is 1.40. The first-order valence-electron chi connectivity index (χ1n) is 6.69. The summed E-state index contributed by atoms with van der Waals surface area (Å²) in [4.78, 5) is 2.52. The molecule has 0 spiro atoms. The number of benzene rings is 1. The molecule has 18 heavy (non-hydrogen) atoms. The maximum Gasteiger partial charge on any atom is 0.120 e. The summed E-state index contributed by atoms with van der Waals surface area (Å²) in [5.74, 6) is 0.905. The lowest BCUT2D eigenvalue weighted by Crippen LogP contribution is -2.44. The van der Waals surface area contributed by atoms with E-state index in [1.54, 1.807) is 7.11 Å². The number of nitrogens with one attached hydrogen (secondary N) is 2. The van der Waals surface area contributed by atoms with Crippen LogP contribution in [0.15, 0.2) is 24.3 Å². The average Bonchev–Trinajstić information content (AvgIpc) is 2.45. The second-order valence-electron chi connectivity index (χ2n) is 4.60. The van der Waals surface area contributed by atoms with Gasteiger partial charge in [-0.05, 0) is 25.1 Å². The van der Waals surface area contributed by atoms with Gasteiger partial charge in [0.25, 0.3) is 0 Å². The largest absolute Gasteiger partial charge is 0.497 e. The Kier molecular flexibility index (Phi) is 5.30. The SMILES string of the molecule is COc1cccc(NCCCN2CCNCC2)c1. The molecule has 1 heterocycles. The summed E-state index contributed by atoms with van der Waals surface area (Å²) in [6.07, 6.45) is 1.18. The highest BCUT2D eigenvalue weighted by atomic mass is 16.5. The van der Waals surface area contributed by atoms with E-state index in [-0.39, 0.29) is 0 Å². The summed E-state index contributed by atoms with van der Waals surface area (Å²) in [6.45, 7) is 6.81. The van der Waals surface area contributed by atoms with Gasteiger partial charge in [-0.3, -0.25) is 0 Å². The third-order valence-corrected chi connectivity index (χ3v) is 3.26. The van der Waals surface area contributed by atoms with Gasteiger partial charge in [-0.2, -0.15) is 0 Å². The number of ether oxygens (including phenoxy) is 1. The van der Waals surface area contributed by atoms with Gasteiger partial charge in [-0.15, -0.1) is 0 Å². The molecule has 1 aliphatic rings. The highest BCUT2D eigenvalue weighted by molar-refractivity contribution is 5.47. The fourth-order valence-corrected chi connectivity index (χ4v) is 2.20. The maximum absolute atomic E-state index is 5.20. The Hall–Kier alpha value is -1.26. The Labute approximate surface area is 109 Å². The first-order chi connectivity index (χ1) is 8.88. The Morgan fingerprint density at radius 2 is 2.17 bits per heavy atom. The van der Waals surface area contributed by atoms with Gasteiger partial charge in [0.05, 0.1) is 7.11 Å². The molecule has 1 fully saturated rings. The molecule has 1 aliphatic heterocycles. The van der Waals surface area contributed by atoms with Crippen molar-refractivity contribution in [1.29, 1.82) is 0 Å². The van der Waals surface area contributed by atoms with Crippen LogP contribution in [0.1, 0.15) is 6.42 Å². The molecule has 0 radical (unpaired) electrons. The molecule has 1 aromatic carbocycles. The van der Waals surface area contributed by atoms with E-state index >= 15 is 0 Å². The summed E-state index contributed by atoms with van der Waals surface area (Å²) in [5.41, 5.74) is 1.13. The van der Waals surface area contributed by atoms with Crippen LogP contribution in [0.25, 0.3) is 0 Å². The van der Waals surface area contributed by atoms with Crippen LogP contribution < -0.4 is 15.4 Å². The van der Waals surface area contributed by atoms with Gasteiger partial charge in [0.1, 0.15) is 5.75 Å². The van der Waals surface area contributed by atoms with Crippen molar-refractivity contribution < 1.29 is 4.74 Å². The van der Waals surface area contributed by atoms with Crippen LogP contribution >= 0.6 is 0 Å². The Balaban J connectivity index is 1.65. The molecule has 0 bridgehead atoms. The normalized spacial score (nSPS) is 16.5. The van der Waals surface area contributed by atoms with E-state index < -0.39 is 0 Å². The van der Waals surface area contributed by atoms with E-state index in [1.165, 1.54) is 26.1 Å². The fraction of sp³-hybridized carbons (Fsp3) is 0.571. The van der Waals surface area contributed by atoms with Crippen LogP contribution in [-0.2, 0) is 0 Å². The van der Waals surface area contributed by atoms with Crippen molar-refractivity contribution in [2.75, 3.05) is 51.7 Å². The summed E-state index contributed by atoms with van der Waals surface area (Å²) in [6, 6.07) is 8.08. The van der Waals surface area contributed by atoms with Crippen molar-refractivity contribution in [1.82, 2.24) is 10.2 Å². The summed E-state index contributed by atoms with van der Waals surface area (Å²) in [5, 5.41) is 6.81. The van der Waals surface area contributed by atoms with Crippen LogP contribution in [0, 0.1) is 0 Å². The molecular formula is C14H23N3O. The molecule has 100 valence electrons. The van der Waals surface area contributed by atoms with Gasteiger partial charge >= 0.3 is 0 Å². The number of methoxy groups -OCH3 is 1. The Bertz CT molecular complexity index is 351. The molecule has 1 saturated heterocycles. The van der Waals surface area contributed by atoms with Gasteiger partial charge in [0.15, 0.2) is 0 Å². The third-order valence-electron chi connectivity index (χ3n) is 3.26. The molecular weight excluding hydrogens is 226 g/mol. The lowest BCUT2D eigenvalue weighted by atomic mass is 10.3. The van der Waals surface area contributed by atoms with E-state index in [0.29, 0.717) is 0 Å². The number of anilines is 1. The van der Waals surface area contributed by atoms with Crippen molar-refractivity contribution in [3.63, 3.8) is 0 Å². The molecule has 4 heteroatoms. The van der Waals surface area contributed by atoms with Crippen LogP contribution in [0.5, 0.6) is 5.75 Å². The highest BCUT2D eigenvalue weighted by Gasteiger charge is 2.07. The van der Waals surface area contributed by atoms with E-state index in [4.69, 9.17) is 4.74 Å². The summed E-state index contributed by atoms with van der Waals surface area (Å²) < 4.78 is 5.20. The standard InChI is InChI=1S/C14H23N3O/c1-18-14-5-2-4-13(12-14)16-6-3-9-17-10-7-15-8-11-17/h2,4-5,12,15-16H,3,6-11H2,1H3. The van der Waals surface area contributed by atoms with E-state index in [0.717, 1.165) is 31.1 Å². The Morgan fingerprint density at radius 1 is 1.33 bits per heavy atom. The van der Waals surface area contributed by atoms with Gasteiger partial charge in [0.2, 0.25) is 0 Å². The van der Waals surface area contributed by atoms with Crippen molar-refractivity contribution in [2.24, 2.45) is 0 Å². The number of hydrogen-bond donors (Lipinski definition) is 2. The zero-order chi connectivity index (χ0) is 12.6. The molecule has 2 N–H and O–H groups in total.